The number of amides is 1. The Kier molecular flexibility index (Phi) is 5.17. The van der Waals surface area contributed by atoms with Crippen LogP contribution in [0.1, 0.15) is 4.88 Å². The summed E-state index contributed by atoms with van der Waals surface area (Å²) >= 11 is 5.09. The molecule has 154 valence electrons. The summed E-state index contributed by atoms with van der Waals surface area (Å²) < 4.78 is 4.68. The first kappa shape index (κ1) is 19.7. The maximum atomic E-state index is 13.0. The number of hydrogen-bond donors (Lipinski definition) is 1. The fraction of sp³-hybridized carbons (Fsp3) is 0.0870. The molecular weight excluding hydrogens is 476 g/mol. The molecule has 0 unspecified atom stereocenters. The number of benzene rings is 2. The molecule has 8 heteroatoms. The summed E-state index contributed by atoms with van der Waals surface area (Å²) in [5, 5.41) is 10.5. The van der Waals surface area contributed by atoms with Gasteiger partial charge in [-0.15, -0.1) is 11.3 Å². The third-order valence-electron chi connectivity index (χ3n) is 5.09. The highest BCUT2D eigenvalue weighted by Crippen LogP contribution is 2.22. The minimum absolute atomic E-state index is 0.0250. The number of carbonyl (C=O) groups excluding carboxylic acids is 1. The van der Waals surface area contributed by atoms with Gasteiger partial charge in [0.1, 0.15) is 12.4 Å². The van der Waals surface area contributed by atoms with E-state index in [0.717, 1.165) is 20.4 Å². The summed E-state index contributed by atoms with van der Waals surface area (Å²) in [5.74, 6) is 0.442. The van der Waals surface area contributed by atoms with Crippen LogP contribution in [0.3, 0.4) is 0 Å². The lowest BCUT2D eigenvalue weighted by Crippen LogP contribution is -2.23. The molecule has 31 heavy (non-hydrogen) atoms. The van der Waals surface area contributed by atoms with E-state index in [9.17, 15) is 9.59 Å². The number of aromatic nitrogens is 3. The van der Waals surface area contributed by atoms with Crippen LogP contribution in [0.2, 0.25) is 0 Å². The van der Waals surface area contributed by atoms with Crippen molar-refractivity contribution in [2.24, 2.45) is 0 Å². The van der Waals surface area contributed by atoms with Crippen LogP contribution in [-0.2, 0) is 17.9 Å². The fourth-order valence-electron chi connectivity index (χ4n) is 3.72. The van der Waals surface area contributed by atoms with E-state index >= 15 is 0 Å². The molecule has 3 heterocycles. The lowest BCUT2D eigenvalue weighted by Gasteiger charge is -2.15. The zero-order valence-corrected chi connectivity index (χ0v) is 18.7. The van der Waals surface area contributed by atoms with E-state index in [-0.39, 0.29) is 17.9 Å². The summed E-state index contributed by atoms with van der Waals surface area (Å²) in [6.07, 6.45) is 1.67. The number of anilines is 1. The number of fused-ring (bicyclic) bond motifs is 2. The van der Waals surface area contributed by atoms with Crippen LogP contribution >= 0.6 is 27.3 Å². The van der Waals surface area contributed by atoms with Gasteiger partial charge in [0.25, 0.3) is 0 Å². The molecule has 0 aliphatic heterocycles. The van der Waals surface area contributed by atoms with Gasteiger partial charge in [0.2, 0.25) is 5.91 Å². The SMILES string of the molecule is O=C(Cn1c2ccccc2c(=O)c2ccccc21)Nc1ccnn1Cc1cc(Br)cs1. The first-order valence-electron chi connectivity index (χ1n) is 9.65. The Labute approximate surface area is 189 Å². The fourth-order valence-corrected chi connectivity index (χ4v) is 5.15. The van der Waals surface area contributed by atoms with Gasteiger partial charge in [-0.3, -0.25) is 9.59 Å². The van der Waals surface area contributed by atoms with E-state index < -0.39 is 0 Å². The molecule has 0 aliphatic rings. The number of thiophene rings is 1. The third-order valence-corrected chi connectivity index (χ3v) is 6.77. The Balaban J connectivity index is 1.47. The standard InChI is InChI=1S/C23H17BrN4O2S/c24-15-11-16(31-14-15)12-28-21(9-10-25-28)26-22(29)13-27-19-7-3-1-5-17(19)23(30)18-6-2-4-8-20(18)27/h1-11,14H,12-13H2,(H,26,29). The first-order chi connectivity index (χ1) is 15.1. The van der Waals surface area contributed by atoms with E-state index in [1.54, 1.807) is 40.4 Å². The zero-order valence-electron chi connectivity index (χ0n) is 16.3. The second-order valence-corrected chi connectivity index (χ2v) is 9.01. The summed E-state index contributed by atoms with van der Waals surface area (Å²) in [6, 6.07) is 18.6. The van der Waals surface area contributed by atoms with Crippen molar-refractivity contribution < 1.29 is 4.79 Å². The molecule has 1 amide bonds. The molecule has 0 saturated heterocycles. The predicted octanol–water partition coefficient (Wildman–Crippen LogP) is 4.86. The number of nitrogens with one attached hydrogen (secondary N) is 1. The molecule has 6 nitrogen and oxygen atoms in total. The van der Waals surface area contributed by atoms with E-state index in [2.05, 4.69) is 26.3 Å². The van der Waals surface area contributed by atoms with Gasteiger partial charge in [-0.05, 0) is 46.3 Å². The van der Waals surface area contributed by atoms with Gasteiger partial charge in [0.05, 0.1) is 23.8 Å². The maximum Gasteiger partial charge on any atom is 0.245 e. The molecule has 0 fully saturated rings. The van der Waals surface area contributed by atoms with Crippen molar-refractivity contribution in [2.45, 2.75) is 13.1 Å². The molecule has 3 aromatic heterocycles. The molecule has 1 N–H and O–H groups in total. The van der Waals surface area contributed by atoms with Crippen LogP contribution < -0.4 is 10.7 Å². The van der Waals surface area contributed by atoms with Crippen molar-refractivity contribution in [3.05, 3.63) is 91.8 Å². The summed E-state index contributed by atoms with van der Waals surface area (Å²) in [4.78, 5) is 27.0. The summed E-state index contributed by atoms with van der Waals surface area (Å²) in [7, 11) is 0. The van der Waals surface area contributed by atoms with E-state index in [4.69, 9.17) is 0 Å². The van der Waals surface area contributed by atoms with Crippen molar-refractivity contribution in [3.63, 3.8) is 0 Å². The highest BCUT2D eigenvalue weighted by molar-refractivity contribution is 9.10. The molecule has 0 radical (unpaired) electrons. The molecular formula is C23H17BrN4O2S. The maximum absolute atomic E-state index is 13.0. The second-order valence-electron chi connectivity index (χ2n) is 7.10. The van der Waals surface area contributed by atoms with Crippen molar-refractivity contribution >= 4 is 60.8 Å². The van der Waals surface area contributed by atoms with Crippen molar-refractivity contribution in [2.75, 3.05) is 5.32 Å². The molecule has 5 aromatic rings. The number of para-hydroxylation sites is 2. The Morgan fingerprint density at radius 2 is 1.71 bits per heavy atom. The lowest BCUT2D eigenvalue weighted by molar-refractivity contribution is -0.116. The number of rotatable bonds is 5. The highest BCUT2D eigenvalue weighted by Gasteiger charge is 2.14. The van der Waals surface area contributed by atoms with Gasteiger partial charge in [-0.1, -0.05) is 24.3 Å². The molecule has 0 bridgehead atoms. The molecule has 5 rings (SSSR count). The van der Waals surface area contributed by atoms with Crippen molar-refractivity contribution in [1.82, 2.24) is 14.3 Å². The van der Waals surface area contributed by atoms with Crippen LogP contribution in [0.15, 0.2) is 81.5 Å². The number of hydrogen-bond acceptors (Lipinski definition) is 4. The van der Waals surface area contributed by atoms with Gasteiger partial charge in [0.15, 0.2) is 5.43 Å². The zero-order chi connectivity index (χ0) is 21.4. The van der Waals surface area contributed by atoms with Crippen LogP contribution in [-0.4, -0.2) is 20.3 Å². The van der Waals surface area contributed by atoms with Gasteiger partial charge < -0.3 is 9.88 Å². The smallest absolute Gasteiger partial charge is 0.245 e. The van der Waals surface area contributed by atoms with Crippen LogP contribution in [0.4, 0.5) is 5.82 Å². The molecule has 0 aliphatic carbocycles. The monoisotopic (exact) mass is 492 g/mol. The Morgan fingerprint density at radius 1 is 1.03 bits per heavy atom. The van der Waals surface area contributed by atoms with Crippen LogP contribution in [0, 0.1) is 0 Å². The van der Waals surface area contributed by atoms with Crippen molar-refractivity contribution in [3.8, 4) is 0 Å². The lowest BCUT2D eigenvalue weighted by atomic mass is 10.1. The van der Waals surface area contributed by atoms with E-state index in [1.807, 2.05) is 52.4 Å². The molecule has 0 atom stereocenters. The Bertz CT molecular complexity index is 1420. The second kappa shape index (κ2) is 8.13. The minimum atomic E-state index is -0.187. The number of halogens is 1. The summed E-state index contributed by atoms with van der Waals surface area (Å²) in [6.45, 7) is 0.653. The van der Waals surface area contributed by atoms with E-state index in [1.165, 1.54) is 0 Å². The van der Waals surface area contributed by atoms with Gasteiger partial charge in [-0.2, -0.15) is 5.10 Å². The number of pyridine rings is 1. The van der Waals surface area contributed by atoms with Crippen molar-refractivity contribution in [1.29, 1.82) is 0 Å². The third kappa shape index (κ3) is 3.80. The van der Waals surface area contributed by atoms with E-state index in [0.29, 0.717) is 23.1 Å². The number of carbonyl (C=O) groups is 1. The minimum Gasteiger partial charge on any atom is -0.331 e. The van der Waals surface area contributed by atoms with Gasteiger partial charge in [-0.25, -0.2) is 4.68 Å². The molecule has 0 saturated carbocycles. The average Bonchev–Trinajstić information content (AvgIpc) is 3.40. The quantitative estimate of drug-likeness (QED) is 0.356. The van der Waals surface area contributed by atoms with Gasteiger partial charge >= 0.3 is 0 Å². The first-order valence-corrected chi connectivity index (χ1v) is 11.3. The summed E-state index contributed by atoms with van der Waals surface area (Å²) in [5.41, 5.74) is 1.44. The highest BCUT2D eigenvalue weighted by atomic mass is 79.9. The largest absolute Gasteiger partial charge is 0.331 e. The predicted molar refractivity (Wildman–Crippen MR) is 128 cm³/mol. The Morgan fingerprint density at radius 3 is 2.35 bits per heavy atom. The Hall–Kier alpha value is -3.23. The molecule has 0 spiro atoms. The topological polar surface area (TPSA) is 68.9 Å². The van der Waals surface area contributed by atoms with Crippen LogP contribution in [0.25, 0.3) is 21.8 Å². The number of nitrogens with zero attached hydrogens (tertiary/aromatic N) is 3. The average molecular weight is 493 g/mol. The normalized spacial score (nSPS) is 11.3. The van der Waals surface area contributed by atoms with Gasteiger partial charge in [0, 0.05) is 31.6 Å². The molecule has 2 aromatic carbocycles. The van der Waals surface area contributed by atoms with Crippen LogP contribution in [0.5, 0.6) is 0 Å².